The van der Waals surface area contributed by atoms with Gasteiger partial charge in [0.2, 0.25) is 0 Å². The second kappa shape index (κ2) is 6.27. The summed E-state index contributed by atoms with van der Waals surface area (Å²) >= 11 is 5.85. The van der Waals surface area contributed by atoms with E-state index in [9.17, 15) is 0 Å². The maximum absolute atomic E-state index is 5.85. The Hall–Kier alpha value is -0.730. The van der Waals surface area contributed by atoms with E-state index < -0.39 is 0 Å². The van der Waals surface area contributed by atoms with Gasteiger partial charge in [0.25, 0.3) is 0 Å². The van der Waals surface area contributed by atoms with E-state index in [1.165, 1.54) is 25.8 Å². The lowest BCUT2D eigenvalue weighted by atomic mass is 10.2. The van der Waals surface area contributed by atoms with Crippen molar-refractivity contribution in [3.8, 4) is 0 Å². The molecule has 1 heterocycles. The first-order valence-corrected chi connectivity index (χ1v) is 6.91. The summed E-state index contributed by atoms with van der Waals surface area (Å²) in [5.41, 5.74) is 1.15. The number of hydrogen-bond donors (Lipinski definition) is 1. The fraction of sp³-hybridized carbons (Fsp3) is 0.571. The van der Waals surface area contributed by atoms with Crippen molar-refractivity contribution in [3.63, 3.8) is 0 Å². The van der Waals surface area contributed by atoms with Crippen LogP contribution in [0.15, 0.2) is 24.3 Å². The van der Waals surface area contributed by atoms with E-state index in [4.69, 9.17) is 11.6 Å². The van der Waals surface area contributed by atoms with E-state index >= 15 is 0 Å². The number of anilines is 1. The summed E-state index contributed by atoms with van der Waals surface area (Å²) in [4.78, 5) is 2.60. The summed E-state index contributed by atoms with van der Waals surface area (Å²) in [5, 5.41) is 4.24. The molecule has 1 aliphatic rings. The summed E-state index contributed by atoms with van der Waals surface area (Å²) < 4.78 is 0. The van der Waals surface area contributed by atoms with Gasteiger partial charge in [0.1, 0.15) is 0 Å². The van der Waals surface area contributed by atoms with Crippen LogP contribution in [0, 0.1) is 0 Å². The fourth-order valence-corrected chi connectivity index (χ4v) is 2.69. The first-order valence-electron chi connectivity index (χ1n) is 6.53. The van der Waals surface area contributed by atoms with Crippen LogP contribution in [-0.4, -0.2) is 30.6 Å². The standard InChI is InChI=1S/C14H21ClN2/c1-2-14-4-3-10-17(14)11-9-16-13-7-5-12(15)6-8-13/h5-8,14,16H,2-4,9-11H2,1H3. The van der Waals surface area contributed by atoms with Crippen LogP contribution in [0.3, 0.4) is 0 Å². The van der Waals surface area contributed by atoms with Crippen molar-refractivity contribution in [3.05, 3.63) is 29.3 Å². The third kappa shape index (κ3) is 3.62. The molecule has 1 unspecified atom stereocenters. The molecule has 1 aromatic rings. The minimum atomic E-state index is 0.793. The molecule has 1 fully saturated rings. The second-order valence-corrected chi connectivity index (χ2v) is 5.11. The maximum atomic E-state index is 5.85. The van der Waals surface area contributed by atoms with Gasteiger partial charge in [0, 0.05) is 29.8 Å². The molecule has 0 bridgehead atoms. The minimum Gasteiger partial charge on any atom is -0.384 e. The van der Waals surface area contributed by atoms with E-state index in [1.807, 2.05) is 24.3 Å². The molecule has 3 heteroatoms. The van der Waals surface area contributed by atoms with Gasteiger partial charge in [-0.25, -0.2) is 0 Å². The van der Waals surface area contributed by atoms with Crippen LogP contribution >= 0.6 is 11.6 Å². The minimum absolute atomic E-state index is 0.793. The fourth-order valence-electron chi connectivity index (χ4n) is 2.56. The van der Waals surface area contributed by atoms with Crippen molar-refractivity contribution in [2.24, 2.45) is 0 Å². The predicted octanol–water partition coefficient (Wildman–Crippen LogP) is 3.63. The molecule has 1 atom stereocenters. The van der Waals surface area contributed by atoms with Crippen LogP contribution < -0.4 is 5.32 Å². The van der Waals surface area contributed by atoms with Crippen molar-refractivity contribution >= 4 is 17.3 Å². The molecule has 1 aliphatic heterocycles. The van der Waals surface area contributed by atoms with Gasteiger partial charge >= 0.3 is 0 Å². The molecule has 1 saturated heterocycles. The predicted molar refractivity (Wildman–Crippen MR) is 74.8 cm³/mol. The molecule has 0 aliphatic carbocycles. The van der Waals surface area contributed by atoms with Crippen molar-refractivity contribution in [1.82, 2.24) is 4.90 Å². The molecule has 1 N–H and O–H groups in total. The summed E-state index contributed by atoms with van der Waals surface area (Å²) in [6.45, 7) is 5.70. The van der Waals surface area contributed by atoms with Crippen LogP contribution in [0.4, 0.5) is 5.69 Å². The van der Waals surface area contributed by atoms with Gasteiger partial charge in [-0.15, -0.1) is 0 Å². The molecule has 0 amide bonds. The van der Waals surface area contributed by atoms with E-state index in [2.05, 4.69) is 17.1 Å². The van der Waals surface area contributed by atoms with Crippen LogP contribution in [0.1, 0.15) is 26.2 Å². The second-order valence-electron chi connectivity index (χ2n) is 4.67. The maximum Gasteiger partial charge on any atom is 0.0407 e. The average Bonchev–Trinajstić information content (AvgIpc) is 2.79. The third-order valence-corrected chi connectivity index (χ3v) is 3.79. The van der Waals surface area contributed by atoms with Crippen LogP contribution in [0.2, 0.25) is 5.02 Å². The molecule has 17 heavy (non-hydrogen) atoms. The van der Waals surface area contributed by atoms with Gasteiger partial charge < -0.3 is 5.32 Å². The Balaban J connectivity index is 1.74. The number of nitrogens with zero attached hydrogens (tertiary/aromatic N) is 1. The molecule has 0 spiro atoms. The number of halogens is 1. The number of benzene rings is 1. The first kappa shape index (κ1) is 12.7. The molecule has 94 valence electrons. The lowest BCUT2D eigenvalue weighted by Gasteiger charge is -2.23. The molecule has 2 rings (SSSR count). The van der Waals surface area contributed by atoms with Crippen LogP contribution in [-0.2, 0) is 0 Å². The van der Waals surface area contributed by atoms with E-state index in [1.54, 1.807) is 0 Å². The van der Waals surface area contributed by atoms with E-state index in [0.29, 0.717) is 0 Å². The number of likely N-dealkylation sites (tertiary alicyclic amines) is 1. The van der Waals surface area contributed by atoms with Gasteiger partial charge in [0.05, 0.1) is 0 Å². The van der Waals surface area contributed by atoms with Crippen molar-refractivity contribution in [2.45, 2.75) is 32.2 Å². The SMILES string of the molecule is CCC1CCCN1CCNc1ccc(Cl)cc1. The number of hydrogen-bond acceptors (Lipinski definition) is 2. The topological polar surface area (TPSA) is 15.3 Å². The molecule has 0 saturated carbocycles. The van der Waals surface area contributed by atoms with E-state index in [-0.39, 0.29) is 0 Å². The monoisotopic (exact) mass is 252 g/mol. The van der Waals surface area contributed by atoms with Gasteiger partial charge in [-0.2, -0.15) is 0 Å². The Morgan fingerprint density at radius 1 is 1.35 bits per heavy atom. The Kier molecular flexibility index (Phi) is 4.69. The number of nitrogens with one attached hydrogen (secondary N) is 1. The number of rotatable bonds is 5. The molecular weight excluding hydrogens is 232 g/mol. The Labute approximate surface area is 109 Å². The lowest BCUT2D eigenvalue weighted by molar-refractivity contribution is 0.258. The summed E-state index contributed by atoms with van der Waals surface area (Å²) in [6, 6.07) is 8.72. The highest BCUT2D eigenvalue weighted by molar-refractivity contribution is 6.30. The zero-order valence-electron chi connectivity index (χ0n) is 10.5. The van der Waals surface area contributed by atoms with Gasteiger partial charge in [-0.3, -0.25) is 4.90 Å². The van der Waals surface area contributed by atoms with Gasteiger partial charge in [-0.1, -0.05) is 18.5 Å². The summed E-state index contributed by atoms with van der Waals surface area (Å²) in [6.07, 6.45) is 4.01. The molecule has 0 radical (unpaired) electrons. The molecule has 2 nitrogen and oxygen atoms in total. The zero-order chi connectivity index (χ0) is 12.1. The Morgan fingerprint density at radius 2 is 2.12 bits per heavy atom. The highest BCUT2D eigenvalue weighted by Gasteiger charge is 2.21. The quantitative estimate of drug-likeness (QED) is 0.861. The Morgan fingerprint density at radius 3 is 2.82 bits per heavy atom. The molecule has 0 aromatic heterocycles. The van der Waals surface area contributed by atoms with Crippen molar-refractivity contribution in [2.75, 3.05) is 25.0 Å². The zero-order valence-corrected chi connectivity index (χ0v) is 11.2. The summed E-state index contributed by atoms with van der Waals surface area (Å²) in [5.74, 6) is 0. The summed E-state index contributed by atoms with van der Waals surface area (Å²) in [7, 11) is 0. The van der Waals surface area contributed by atoms with Crippen molar-refractivity contribution in [1.29, 1.82) is 0 Å². The lowest BCUT2D eigenvalue weighted by Crippen LogP contribution is -2.33. The molecular formula is C14H21ClN2. The largest absolute Gasteiger partial charge is 0.384 e. The smallest absolute Gasteiger partial charge is 0.0407 e. The highest BCUT2D eigenvalue weighted by Crippen LogP contribution is 2.19. The van der Waals surface area contributed by atoms with Crippen LogP contribution in [0.25, 0.3) is 0 Å². The van der Waals surface area contributed by atoms with Crippen LogP contribution in [0.5, 0.6) is 0 Å². The average molecular weight is 253 g/mol. The molecule has 1 aromatic carbocycles. The van der Waals surface area contributed by atoms with Crippen molar-refractivity contribution < 1.29 is 0 Å². The normalized spacial score (nSPS) is 20.7. The third-order valence-electron chi connectivity index (χ3n) is 3.54. The first-order chi connectivity index (χ1) is 8.29. The van der Waals surface area contributed by atoms with E-state index in [0.717, 1.165) is 29.8 Å². The Bertz CT molecular complexity index is 337. The van der Waals surface area contributed by atoms with Gasteiger partial charge in [-0.05, 0) is 50.1 Å². The van der Waals surface area contributed by atoms with Gasteiger partial charge in [0.15, 0.2) is 0 Å². The highest BCUT2D eigenvalue weighted by atomic mass is 35.5.